The molecule has 21 heavy (non-hydrogen) atoms. The third-order valence-electron chi connectivity index (χ3n) is 3.96. The molecule has 2 rings (SSSR count). The number of methoxy groups -OCH3 is 1. The summed E-state index contributed by atoms with van der Waals surface area (Å²) < 4.78 is 32.2. The molecule has 1 aromatic rings. The van der Waals surface area contributed by atoms with E-state index in [2.05, 4.69) is 16.4 Å². The maximum absolute atomic E-state index is 12.4. The van der Waals surface area contributed by atoms with Crippen LogP contribution in [0.5, 0.6) is 0 Å². The molecule has 1 N–H and O–H groups in total. The first-order chi connectivity index (χ1) is 9.94. The van der Waals surface area contributed by atoms with Crippen molar-refractivity contribution in [2.24, 2.45) is 5.41 Å². The van der Waals surface area contributed by atoms with Crippen LogP contribution in [0.15, 0.2) is 29.2 Å². The van der Waals surface area contributed by atoms with E-state index in [4.69, 9.17) is 0 Å². The molecule has 1 aliphatic carbocycles. The SMILES string of the molecule is CCCC1(CNS(=O)(=O)c2ccccc2C(=O)OC)CC1. The van der Waals surface area contributed by atoms with Gasteiger partial charge < -0.3 is 4.74 Å². The van der Waals surface area contributed by atoms with Crippen molar-refractivity contribution < 1.29 is 17.9 Å². The van der Waals surface area contributed by atoms with Gasteiger partial charge in [-0.2, -0.15) is 0 Å². The Morgan fingerprint density at radius 3 is 2.57 bits per heavy atom. The van der Waals surface area contributed by atoms with Crippen LogP contribution < -0.4 is 4.72 Å². The van der Waals surface area contributed by atoms with Gasteiger partial charge in [-0.3, -0.25) is 0 Å². The molecule has 0 spiro atoms. The Balaban J connectivity index is 2.18. The van der Waals surface area contributed by atoms with Gasteiger partial charge in [0.25, 0.3) is 0 Å². The quantitative estimate of drug-likeness (QED) is 0.784. The monoisotopic (exact) mass is 311 g/mol. The zero-order valence-electron chi connectivity index (χ0n) is 12.4. The fraction of sp³-hybridized carbons (Fsp3) is 0.533. The second kappa shape index (κ2) is 6.15. The molecule has 0 heterocycles. The molecule has 0 radical (unpaired) electrons. The van der Waals surface area contributed by atoms with E-state index in [1.165, 1.54) is 19.2 Å². The minimum Gasteiger partial charge on any atom is -0.465 e. The predicted octanol–water partition coefficient (Wildman–Crippen LogP) is 2.33. The van der Waals surface area contributed by atoms with E-state index in [0.717, 1.165) is 25.7 Å². The Bertz CT molecular complexity index is 620. The average molecular weight is 311 g/mol. The highest BCUT2D eigenvalue weighted by Gasteiger charge is 2.42. The number of ether oxygens (including phenoxy) is 1. The van der Waals surface area contributed by atoms with Gasteiger partial charge in [-0.15, -0.1) is 0 Å². The van der Waals surface area contributed by atoms with Gasteiger partial charge in [-0.05, 0) is 36.8 Å². The van der Waals surface area contributed by atoms with Gasteiger partial charge in [0, 0.05) is 6.54 Å². The summed E-state index contributed by atoms with van der Waals surface area (Å²) in [5.74, 6) is -0.648. The Labute approximate surface area is 125 Å². The number of benzene rings is 1. The average Bonchev–Trinajstić information content (AvgIpc) is 3.25. The van der Waals surface area contributed by atoms with Gasteiger partial charge in [0.15, 0.2) is 0 Å². The summed E-state index contributed by atoms with van der Waals surface area (Å²) in [5, 5.41) is 0. The number of hydrogen-bond acceptors (Lipinski definition) is 4. The van der Waals surface area contributed by atoms with Gasteiger partial charge in [0.05, 0.1) is 17.6 Å². The maximum Gasteiger partial charge on any atom is 0.339 e. The Morgan fingerprint density at radius 2 is 2.00 bits per heavy atom. The first kappa shape index (κ1) is 16.0. The minimum atomic E-state index is -3.71. The van der Waals surface area contributed by atoms with E-state index in [1.54, 1.807) is 12.1 Å². The molecule has 0 saturated heterocycles. The van der Waals surface area contributed by atoms with Crippen molar-refractivity contribution in [3.8, 4) is 0 Å². The van der Waals surface area contributed by atoms with Crippen LogP contribution in [0.1, 0.15) is 43.0 Å². The first-order valence-electron chi connectivity index (χ1n) is 7.11. The molecule has 0 aromatic heterocycles. The third-order valence-corrected chi connectivity index (χ3v) is 5.42. The number of sulfonamides is 1. The molecular weight excluding hydrogens is 290 g/mol. The lowest BCUT2D eigenvalue weighted by molar-refractivity contribution is 0.0596. The van der Waals surface area contributed by atoms with Crippen LogP contribution in [0, 0.1) is 5.41 Å². The van der Waals surface area contributed by atoms with Crippen LogP contribution in [0.3, 0.4) is 0 Å². The van der Waals surface area contributed by atoms with E-state index in [-0.39, 0.29) is 15.9 Å². The largest absolute Gasteiger partial charge is 0.465 e. The van der Waals surface area contributed by atoms with Crippen LogP contribution in [-0.4, -0.2) is 28.0 Å². The Morgan fingerprint density at radius 1 is 1.33 bits per heavy atom. The molecule has 0 amide bonds. The number of nitrogens with one attached hydrogen (secondary N) is 1. The van der Waals surface area contributed by atoms with Crippen LogP contribution in [0.2, 0.25) is 0 Å². The zero-order valence-corrected chi connectivity index (χ0v) is 13.2. The van der Waals surface area contributed by atoms with E-state index in [9.17, 15) is 13.2 Å². The van der Waals surface area contributed by atoms with Crippen molar-refractivity contribution in [2.75, 3.05) is 13.7 Å². The standard InChI is InChI=1S/C15H21NO4S/c1-3-8-15(9-10-15)11-16-21(18,19)13-7-5-4-6-12(13)14(17)20-2/h4-7,16H,3,8-11H2,1-2H3. The fourth-order valence-corrected chi connectivity index (χ4v) is 3.88. The molecule has 1 saturated carbocycles. The molecular formula is C15H21NO4S. The number of hydrogen-bond donors (Lipinski definition) is 1. The van der Waals surface area contributed by atoms with Gasteiger partial charge in [-0.25, -0.2) is 17.9 Å². The summed E-state index contributed by atoms with van der Waals surface area (Å²) in [6.45, 7) is 2.53. The molecule has 1 aliphatic rings. The maximum atomic E-state index is 12.4. The molecule has 1 fully saturated rings. The number of rotatable bonds is 7. The molecule has 116 valence electrons. The van der Waals surface area contributed by atoms with E-state index in [0.29, 0.717) is 6.54 Å². The van der Waals surface area contributed by atoms with Crippen LogP contribution >= 0.6 is 0 Å². The number of carbonyl (C=O) groups is 1. The van der Waals surface area contributed by atoms with Crippen molar-refractivity contribution in [1.82, 2.24) is 4.72 Å². The lowest BCUT2D eigenvalue weighted by Gasteiger charge is -2.16. The highest BCUT2D eigenvalue weighted by Crippen LogP contribution is 2.49. The molecule has 0 unspecified atom stereocenters. The second-order valence-corrected chi connectivity index (χ2v) is 7.30. The summed E-state index contributed by atoms with van der Waals surface area (Å²) in [6, 6.07) is 6.10. The summed E-state index contributed by atoms with van der Waals surface area (Å²) in [4.78, 5) is 11.7. The highest BCUT2D eigenvalue weighted by molar-refractivity contribution is 7.89. The summed E-state index contributed by atoms with van der Waals surface area (Å²) in [7, 11) is -2.47. The smallest absolute Gasteiger partial charge is 0.339 e. The third kappa shape index (κ3) is 3.63. The zero-order chi connectivity index (χ0) is 15.5. The van der Waals surface area contributed by atoms with Gasteiger partial charge >= 0.3 is 5.97 Å². The van der Waals surface area contributed by atoms with Gasteiger partial charge in [-0.1, -0.05) is 25.5 Å². The van der Waals surface area contributed by atoms with E-state index in [1.807, 2.05) is 0 Å². The second-order valence-electron chi connectivity index (χ2n) is 5.56. The number of esters is 1. The molecule has 0 aliphatic heterocycles. The minimum absolute atomic E-state index is 0.0239. The molecule has 6 heteroatoms. The Hall–Kier alpha value is -1.40. The lowest BCUT2D eigenvalue weighted by Crippen LogP contribution is -2.31. The molecule has 5 nitrogen and oxygen atoms in total. The predicted molar refractivity (Wildman–Crippen MR) is 79.5 cm³/mol. The first-order valence-corrected chi connectivity index (χ1v) is 8.59. The normalized spacial score (nSPS) is 16.5. The fourth-order valence-electron chi connectivity index (χ4n) is 2.53. The molecule has 0 bridgehead atoms. The molecule has 0 atom stereocenters. The van der Waals surface area contributed by atoms with E-state index >= 15 is 0 Å². The van der Waals surface area contributed by atoms with Crippen LogP contribution in [0.25, 0.3) is 0 Å². The van der Waals surface area contributed by atoms with Gasteiger partial charge in [0.2, 0.25) is 10.0 Å². The van der Waals surface area contributed by atoms with Crippen LogP contribution in [0.4, 0.5) is 0 Å². The summed E-state index contributed by atoms with van der Waals surface area (Å²) in [5.41, 5.74) is 0.176. The summed E-state index contributed by atoms with van der Waals surface area (Å²) >= 11 is 0. The summed E-state index contributed by atoms with van der Waals surface area (Å²) in [6.07, 6.45) is 4.18. The van der Waals surface area contributed by atoms with Crippen LogP contribution in [-0.2, 0) is 14.8 Å². The topological polar surface area (TPSA) is 72.5 Å². The lowest BCUT2D eigenvalue weighted by atomic mass is 10.0. The van der Waals surface area contributed by atoms with Crippen molar-refractivity contribution in [3.63, 3.8) is 0 Å². The highest BCUT2D eigenvalue weighted by atomic mass is 32.2. The van der Waals surface area contributed by atoms with Crippen molar-refractivity contribution >= 4 is 16.0 Å². The van der Waals surface area contributed by atoms with Gasteiger partial charge in [0.1, 0.15) is 0 Å². The number of carbonyl (C=O) groups excluding carboxylic acids is 1. The molecule has 1 aromatic carbocycles. The van der Waals surface area contributed by atoms with Crippen molar-refractivity contribution in [2.45, 2.75) is 37.5 Å². The van der Waals surface area contributed by atoms with E-state index < -0.39 is 16.0 Å². The van der Waals surface area contributed by atoms with Crippen molar-refractivity contribution in [1.29, 1.82) is 0 Å². The van der Waals surface area contributed by atoms with Crippen molar-refractivity contribution in [3.05, 3.63) is 29.8 Å². The Kier molecular flexibility index (Phi) is 4.68.